The van der Waals surface area contributed by atoms with E-state index in [-0.39, 0.29) is 11.6 Å². The van der Waals surface area contributed by atoms with Crippen molar-refractivity contribution in [2.24, 2.45) is 17.1 Å². The van der Waals surface area contributed by atoms with E-state index in [4.69, 9.17) is 5.73 Å². The highest BCUT2D eigenvalue weighted by Gasteiger charge is 2.54. The summed E-state index contributed by atoms with van der Waals surface area (Å²) in [6.07, 6.45) is 2.01. The first-order chi connectivity index (χ1) is 12.4. The number of nitriles is 3. The molecular formula is C21H21N5. The number of likely N-dealkylation sites (N-methyl/N-ethyl adjacent to an activating group) is 1. The first kappa shape index (κ1) is 17.7. The van der Waals surface area contributed by atoms with Gasteiger partial charge in [0.05, 0.1) is 23.4 Å². The Hall–Kier alpha value is -3.07. The minimum absolute atomic E-state index is 0.0852. The zero-order valence-corrected chi connectivity index (χ0v) is 15.2. The Labute approximate surface area is 154 Å². The number of allylic oxidation sites excluding steroid dienone is 2. The Balaban J connectivity index is 2.36. The van der Waals surface area contributed by atoms with Crippen LogP contribution in [0.15, 0.2) is 41.1 Å². The van der Waals surface area contributed by atoms with Crippen LogP contribution in [-0.4, -0.2) is 25.0 Å². The monoisotopic (exact) mass is 343 g/mol. The lowest BCUT2D eigenvalue weighted by molar-refractivity contribution is 0.237. The summed E-state index contributed by atoms with van der Waals surface area (Å²) >= 11 is 0. The molecule has 0 saturated carbocycles. The first-order valence-corrected chi connectivity index (χ1v) is 8.58. The predicted octanol–water partition coefficient (Wildman–Crippen LogP) is 2.66. The van der Waals surface area contributed by atoms with Crippen molar-refractivity contribution in [1.82, 2.24) is 4.90 Å². The van der Waals surface area contributed by atoms with Gasteiger partial charge in [0.25, 0.3) is 0 Å². The highest BCUT2D eigenvalue weighted by Crippen LogP contribution is 2.54. The van der Waals surface area contributed by atoms with E-state index in [9.17, 15) is 15.8 Å². The zero-order valence-electron chi connectivity index (χ0n) is 15.2. The molecule has 26 heavy (non-hydrogen) atoms. The summed E-state index contributed by atoms with van der Waals surface area (Å²) < 4.78 is 0. The van der Waals surface area contributed by atoms with Gasteiger partial charge in [0.1, 0.15) is 6.07 Å². The molecule has 0 aromatic heterocycles. The van der Waals surface area contributed by atoms with E-state index in [0.29, 0.717) is 12.1 Å². The van der Waals surface area contributed by atoms with Crippen LogP contribution in [0.4, 0.5) is 0 Å². The van der Waals surface area contributed by atoms with E-state index in [1.165, 1.54) is 0 Å². The van der Waals surface area contributed by atoms with Gasteiger partial charge in [0.15, 0.2) is 5.41 Å². The molecule has 130 valence electrons. The maximum atomic E-state index is 10.0. The number of rotatable bonds is 1. The van der Waals surface area contributed by atoms with Gasteiger partial charge in [-0.15, -0.1) is 0 Å². The van der Waals surface area contributed by atoms with Gasteiger partial charge in [-0.1, -0.05) is 29.8 Å². The smallest absolute Gasteiger partial charge is 0.191 e. The average Bonchev–Trinajstić information content (AvgIpc) is 2.62. The molecule has 5 heteroatoms. The van der Waals surface area contributed by atoms with Crippen molar-refractivity contribution in [3.05, 3.63) is 57.8 Å². The fourth-order valence-corrected chi connectivity index (χ4v) is 4.34. The molecule has 5 nitrogen and oxygen atoms in total. The standard InChI is InChI=1S/C21H21N5/c1-13-4-5-15(14(2)8-13)19-18-10-26(3)7-6-16(18)17(9-22)20(25)21(19,11-23)12-24/h4-6,8,18-19H,7,10,25H2,1-3H3/t18-,19-/m1/s1. The molecule has 0 unspecified atom stereocenters. The summed E-state index contributed by atoms with van der Waals surface area (Å²) in [5.41, 5.74) is 9.11. The van der Waals surface area contributed by atoms with Gasteiger partial charge in [-0.25, -0.2) is 0 Å². The van der Waals surface area contributed by atoms with Gasteiger partial charge in [-0.2, -0.15) is 15.8 Å². The molecule has 1 aromatic carbocycles. The van der Waals surface area contributed by atoms with Crippen LogP contribution in [0.1, 0.15) is 22.6 Å². The van der Waals surface area contributed by atoms with Crippen LogP contribution >= 0.6 is 0 Å². The summed E-state index contributed by atoms with van der Waals surface area (Å²) in [7, 11) is 2.00. The summed E-state index contributed by atoms with van der Waals surface area (Å²) in [6.45, 7) is 5.40. The van der Waals surface area contributed by atoms with Crippen LogP contribution in [0, 0.1) is 59.2 Å². The average molecular weight is 343 g/mol. The van der Waals surface area contributed by atoms with Gasteiger partial charge in [0.2, 0.25) is 0 Å². The van der Waals surface area contributed by atoms with E-state index in [2.05, 4.69) is 29.2 Å². The molecule has 0 amide bonds. The normalized spacial score (nSPS) is 24.7. The Kier molecular flexibility index (Phi) is 4.33. The van der Waals surface area contributed by atoms with Gasteiger partial charge in [-0.3, -0.25) is 0 Å². The van der Waals surface area contributed by atoms with E-state index in [1.807, 2.05) is 39.1 Å². The molecule has 1 aliphatic carbocycles. The molecular weight excluding hydrogens is 322 g/mol. The maximum absolute atomic E-state index is 10.0. The first-order valence-electron chi connectivity index (χ1n) is 8.58. The quantitative estimate of drug-likeness (QED) is 0.845. The Morgan fingerprint density at radius 2 is 1.88 bits per heavy atom. The molecule has 0 bridgehead atoms. The molecule has 2 atom stereocenters. The lowest BCUT2D eigenvalue weighted by Crippen LogP contribution is -2.47. The van der Waals surface area contributed by atoms with E-state index in [1.54, 1.807) is 0 Å². The number of nitrogens with zero attached hydrogens (tertiary/aromatic N) is 4. The van der Waals surface area contributed by atoms with Crippen LogP contribution in [0.3, 0.4) is 0 Å². The van der Waals surface area contributed by atoms with Crippen molar-refractivity contribution in [3.8, 4) is 18.2 Å². The third kappa shape index (κ3) is 2.39. The highest BCUT2D eigenvalue weighted by atomic mass is 15.1. The Morgan fingerprint density at radius 1 is 1.19 bits per heavy atom. The van der Waals surface area contributed by atoms with Crippen molar-refractivity contribution in [3.63, 3.8) is 0 Å². The number of aryl methyl sites for hydroxylation is 2. The number of benzene rings is 1. The topological polar surface area (TPSA) is 101 Å². The van der Waals surface area contributed by atoms with Crippen LogP contribution in [-0.2, 0) is 0 Å². The molecule has 2 N–H and O–H groups in total. The summed E-state index contributed by atoms with van der Waals surface area (Å²) in [4.78, 5) is 2.14. The molecule has 2 aliphatic rings. The van der Waals surface area contributed by atoms with E-state index < -0.39 is 11.3 Å². The largest absolute Gasteiger partial charge is 0.399 e. The van der Waals surface area contributed by atoms with Crippen LogP contribution < -0.4 is 5.73 Å². The number of hydrogen-bond donors (Lipinski definition) is 1. The lowest BCUT2D eigenvalue weighted by atomic mass is 9.57. The Bertz CT molecular complexity index is 934. The fraction of sp³-hybridized carbons (Fsp3) is 0.381. The second-order valence-corrected chi connectivity index (χ2v) is 7.26. The zero-order chi connectivity index (χ0) is 19.1. The second kappa shape index (κ2) is 6.34. The molecule has 0 spiro atoms. The molecule has 1 heterocycles. The third-order valence-electron chi connectivity index (χ3n) is 5.61. The van der Waals surface area contributed by atoms with Gasteiger partial charge < -0.3 is 10.6 Å². The predicted molar refractivity (Wildman–Crippen MR) is 98.2 cm³/mol. The van der Waals surface area contributed by atoms with Crippen molar-refractivity contribution in [1.29, 1.82) is 15.8 Å². The van der Waals surface area contributed by atoms with Crippen LogP contribution in [0.5, 0.6) is 0 Å². The van der Waals surface area contributed by atoms with E-state index >= 15 is 0 Å². The summed E-state index contributed by atoms with van der Waals surface area (Å²) in [5, 5.41) is 29.7. The summed E-state index contributed by atoms with van der Waals surface area (Å²) in [5.74, 6) is -0.541. The number of nitrogens with two attached hydrogens (primary N) is 1. The highest BCUT2D eigenvalue weighted by molar-refractivity contribution is 5.60. The second-order valence-electron chi connectivity index (χ2n) is 7.26. The molecule has 1 aromatic rings. The van der Waals surface area contributed by atoms with Crippen molar-refractivity contribution >= 4 is 0 Å². The van der Waals surface area contributed by atoms with Crippen molar-refractivity contribution in [2.45, 2.75) is 19.8 Å². The molecule has 0 radical (unpaired) electrons. The van der Waals surface area contributed by atoms with Gasteiger partial charge in [-0.05, 0) is 37.6 Å². The number of fused-ring (bicyclic) bond motifs is 1. The third-order valence-corrected chi connectivity index (χ3v) is 5.61. The lowest BCUT2D eigenvalue weighted by Gasteiger charge is -2.45. The maximum Gasteiger partial charge on any atom is 0.191 e. The number of hydrogen-bond acceptors (Lipinski definition) is 5. The van der Waals surface area contributed by atoms with Gasteiger partial charge in [0, 0.05) is 24.9 Å². The summed E-state index contributed by atoms with van der Waals surface area (Å²) in [6, 6.07) is 12.6. The molecule has 0 fully saturated rings. The van der Waals surface area contributed by atoms with Crippen molar-refractivity contribution in [2.75, 3.05) is 20.1 Å². The minimum Gasteiger partial charge on any atom is -0.399 e. The Morgan fingerprint density at radius 3 is 2.46 bits per heavy atom. The minimum atomic E-state index is -1.55. The van der Waals surface area contributed by atoms with Crippen molar-refractivity contribution < 1.29 is 0 Å². The molecule has 3 rings (SSSR count). The van der Waals surface area contributed by atoms with E-state index in [0.717, 1.165) is 28.8 Å². The fourth-order valence-electron chi connectivity index (χ4n) is 4.34. The van der Waals surface area contributed by atoms with Gasteiger partial charge >= 0.3 is 0 Å². The van der Waals surface area contributed by atoms with Crippen LogP contribution in [0.2, 0.25) is 0 Å². The van der Waals surface area contributed by atoms with Crippen LogP contribution in [0.25, 0.3) is 0 Å². The molecule has 0 saturated heterocycles. The SMILES string of the molecule is Cc1ccc([C@@H]2[C@@H]3CN(C)CC=C3C(C#N)=C(N)C2(C#N)C#N)c(C)c1. The molecule has 1 aliphatic heterocycles.